The first kappa shape index (κ1) is 18.0. The van der Waals surface area contributed by atoms with Gasteiger partial charge in [0.15, 0.2) is 11.5 Å². The molecule has 0 radical (unpaired) electrons. The normalized spacial score (nSPS) is 10.7. The molecular formula is C21H22FNO3. The molecule has 5 heteroatoms. The maximum Gasteiger partial charge on any atom is 0.160 e. The van der Waals surface area contributed by atoms with Crippen molar-refractivity contribution in [2.45, 2.75) is 13.0 Å². The monoisotopic (exact) mass is 355 g/mol. The molecule has 1 aromatic heterocycles. The molecule has 0 spiro atoms. The largest absolute Gasteiger partial charge is 0.493 e. The molecule has 1 heterocycles. The first-order valence-electron chi connectivity index (χ1n) is 8.46. The van der Waals surface area contributed by atoms with Crippen molar-refractivity contribution in [3.05, 3.63) is 71.7 Å². The third kappa shape index (κ3) is 4.24. The molecule has 3 aromatic rings. The van der Waals surface area contributed by atoms with Crippen LogP contribution in [-0.2, 0) is 13.0 Å². The molecule has 0 unspecified atom stereocenters. The molecule has 1 N–H and O–H groups in total. The number of ether oxygens (including phenoxy) is 2. The summed E-state index contributed by atoms with van der Waals surface area (Å²) in [6, 6.07) is 16.2. The van der Waals surface area contributed by atoms with E-state index in [2.05, 4.69) is 5.32 Å². The van der Waals surface area contributed by atoms with Crippen molar-refractivity contribution in [2.24, 2.45) is 0 Å². The standard InChI is InChI=1S/C21H22FNO3/c1-24-20-9-7-15(13-21(20)25-2)11-12-23-14-16-8-10-19(26-16)17-5-3-4-6-18(17)22/h3-10,13,23H,11-12,14H2,1-2H3. The van der Waals surface area contributed by atoms with Crippen LogP contribution in [0, 0.1) is 5.82 Å². The Morgan fingerprint density at radius 2 is 1.77 bits per heavy atom. The van der Waals surface area contributed by atoms with Gasteiger partial charge in [0, 0.05) is 0 Å². The van der Waals surface area contributed by atoms with Crippen LogP contribution < -0.4 is 14.8 Å². The van der Waals surface area contributed by atoms with E-state index in [1.807, 2.05) is 24.3 Å². The minimum absolute atomic E-state index is 0.283. The second-order valence-corrected chi connectivity index (χ2v) is 5.86. The first-order valence-corrected chi connectivity index (χ1v) is 8.46. The van der Waals surface area contributed by atoms with Gasteiger partial charge in [-0.05, 0) is 54.9 Å². The molecule has 26 heavy (non-hydrogen) atoms. The Bertz CT molecular complexity index is 860. The Balaban J connectivity index is 1.52. The fraction of sp³-hybridized carbons (Fsp3) is 0.238. The average molecular weight is 355 g/mol. The summed E-state index contributed by atoms with van der Waals surface area (Å²) < 4.78 is 30.1. The third-order valence-electron chi connectivity index (χ3n) is 4.14. The maximum atomic E-state index is 13.8. The molecule has 0 atom stereocenters. The SMILES string of the molecule is COc1ccc(CCNCc2ccc(-c3ccccc3F)o2)cc1OC. The topological polar surface area (TPSA) is 43.6 Å². The van der Waals surface area contributed by atoms with Gasteiger partial charge in [-0.25, -0.2) is 4.39 Å². The Kier molecular flexibility index (Phi) is 5.92. The van der Waals surface area contributed by atoms with Crippen LogP contribution in [0.4, 0.5) is 4.39 Å². The molecule has 4 nitrogen and oxygen atoms in total. The van der Waals surface area contributed by atoms with E-state index in [0.717, 1.165) is 35.8 Å². The summed E-state index contributed by atoms with van der Waals surface area (Å²) in [5.41, 5.74) is 1.63. The Hall–Kier alpha value is -2.79. The molecule has 0 aliphatic heterocycles. The van der Waals surface area contributed by atoms with Gasteiger partial charge in [0.25, 0.3) is 0 Å². The fourth-order valence-corrected chi connectivity index (χ4v) is 2.76. The molecule has 0 bridgehead atoms. The molecule has 0 amide bonds. The number of rotatable bonds is 8. The van der Waals surface area contributed by atoms with E-state index in [-0.39, 0.29) is 5.82 Å². The second-order valence-electron chi connectivity index (χ2n) is 5.86. The summed E-state index contributed by atoms with van der Waals surface area (Å²) in [6.07, 6.45) is 0.848. The average Bonchev–Trinajstić information content (AvgIpc) is 3.14. The van der Waals surface area contributed by atoms with Crippen molar-refractivity contribution in [1.82, 2.24) is 5.32 Å². The van der Waals surface area contributed by atoms with Crippen LogP contribution in [0.1, 0.15) is 11.3 Å². The van der Waals surface area contributed by atoms with Crippen molar-refractivity contribution in [1.29, 1.82) is 0 Å². The van der Waals surface area contributed by atoms with Gasteiger partial charge in [-0.15, -0.1) is 0 Å². The van der Waals surface area contributed by atoms with Crippen LogP contribution in [-0.4, -0.2) is 20.8 Å². The molecule has 0 aliphatic rings. The van der Waals surface area contributed by atoms with Crippen molar-refractivity contribution in [3.8, 4) is 22.8 Å². The molecule has 136 valence electrons. The lowest BCUT2D eigenvalue weighted by atomic mass is 10.1. The number of furan rings is 1. The number of benzene rings is 2. The van der Waals surface area contributed by atoms with E-state index >= 15 is 0 Å². The summed E-state index contributed by atoms with van der Waals surface area (Å²) >= 11 is 0. The Morgan fingerprint density at radius 1 is 0.962 bits per heavy atom. The zero-order valence-electron chi connectivity index (χ0n) is 14.9. The van der Waals surface area contributed by atoms with Crippen LogP contribution in [0.25, 0.3) is 11.3 Å². The summed E-state index contributed by atoms with van der Waals surface area (Å²) in [5.74, 6) is 2.48. The zero-order valence-corrected chi connectivity index (χ0v) is 14.9. The van der Waals surface area contributed by atoms with E-state index < -0.39 is 0 Å². The molecule has 0 saturated carbocycles. The van der Waals surface area contributed by atoms with Gasteiger partial charge in [0.1, 0.15) is 17.3 Å². The highest BCUT2D eigenvalue weighted by Crippen LogP contribution is 2.27. The van der Waals surface area contributed by atoms with Crippen molar-refractivity contribution >= 4 is 0 Å². The number of halogens is 1. The first-order chi connectivity index (χ1) is 12.7. The van der Waals surface area contributed by atoms with Gasteiger partial charge >= 0.3 is 0 Å². The minimum atomic E-state index is -0.283. The lowest BCUT2D eigenvalue weighted by molar-refractivity contribution is 0.354. The predicted octanol–water partition coefficient (Wildman–Crippen LogP) is 4.44. The number of hydrogen-bond acceptors (Lipinski definition) is 4. The van der Waals surface area contributed by atoms with E-state index in [1.165, 1.54) is 6.07 Å². The van der Waals surface area contributed by atoms with E-state index in [0.29, 0.717) is 17.9 Å². The van der Waals surface area contributed by atoms with Crippen molar-refractivity contribution < 1.29 is 18.3 Å². The van der Waals surface area contributed by atoms with Crippen LogP contribution in [0.5, 0.6) is 11.5 Å². The van der Waals surface area contributed by atoms with Gasteiger partial charge in [0.05, 0.1) is 26.3 Å². The van der Waals surface area contributed by atoms with E-state index in [4.69, 9.17) is 13.9 Å². The number of hydrogen-bond donors (Lipinski definition) is 1. The smallest absolute Gasteiger partial charge is 0.160 e. The number of nitrogens with one attached hydrogen (secondary N) is 1. The molecule has 3 rings (SSSR count). The summed E-state index contributed by atoms with van der Waals surface area (Å²) in [6.45, 7) is 1.37. The van der Waals surface area contributed by atoms with Crippen LogP contribution in [0.3, 0.4) is 0 Å². The van der Waals surface area contributed by atoms with E-state index in [9.17, 15) is 4.39 Å². The highest BCUT2D eigenvalue weighted by Gasteiger charge is 2.09. The van der Waals surface area contributed by atoms with Gasteiger partial charge in [-0.2, -0.15) is 0 Å². The maximum absolute atomic E-state index is 13.8. The van der Waals surface area contributed by atoms with Crippen molar-refractivity contribution in [3.63, 3.8) is 0 Å². The highest BCUT2D eigenvalue weighted by atomic mass is 19.1. The molecule has 0 saturated heterocycles. The lowest BCUT2D eigenvalue weighted by Gasteiger charge is -2.09. The highest BCUT2D eigenvalue weighted by molar-refractivity contribution is 5.58. The molecule has 2 aromatic carbocycles. The van der Waals surface area contributed by atoms with E-state index in [1.54, 1.807) is 38.5 Å². The summed E-state index contributed by atoms with van der Waals surface area (Å²) in [5, 5.41) is 3.34. The van der Waals surface area contributed by atoms with Gasteiger partial charge in [0.2, 0.25) is 0 Å². The van der Waals surface area contributed by atoms with Gasteiger partial charge in [-0.1, -0.05) is 18.2 Å². The summed E-state index contributed by atoms with van der Waals surface area (Å²) in [7, 11) is 3.25. The van der Waals surface area contributed by atoms with Crippen LogP contribution in [0.2, 0.25) is 0 Å². The summed E-state index contributed by atoms with van der Waals surface area (Å²) in [4.78, 5) is 0. The zero-order chi connectivity index (χ0) is 18.4. The second kappa shape index (κ2) is 8.54. The minimum Gasteiger partial charge on any atom is -0.493 e. The molecule has 0 fully saturated rings. The number of methoxy groups -OCH3 is 2. The molecular weight excluding hydrogens is 333 g/mol. The van der Waals surface area contributed by atoms with Crippen LogP contribution in [0.15, 0.2) is 59.0 Å². The Morgan fingerprint density at radius 3 is 2.54 bits per heavy atom. The quantitative estimate of drug-likeness (QED) is 0.607. The Labute approximate surface area is 152 Å². The predicted molar refractivity (Wildman–Crippen MR) is 99.1 cm³/mol. The third-order valence-corrected chi connectivity index (χ3v) is 4.14. The van der Waals surface area contributed by atoms with Gasteiger partial charge in [-0.3, -0.25) is 0 Å². The fourth-order valence-electron chi connectivity index (χ4n) is 2.76. The lowest BCUT2D eigenvalue weighted by Crippen LogP contribution is -2.16. The van der Waals surface area contributed by atoms with Crippen molar-refractivity contribution in [2.75, 3.05) is 20.8 Å². The van der Waals surface area contributed by atoms with Gasteiger partial charge < -0.3 is 19.2 Å². The van der Waals surface area contributed by atoms with Crippen LogP contribution >= 0.6 is 0 Å². The molecule has 0 aliphatic carbocycles.